The van der Waals surface area contributed by atoms with E-state index in [1.165, 1.54) is 77.0 Å². The topological polar surface area (TPSA) is 96.4 Å². The zero-order chi connectivity index (χ0) is 37.8. The van der Waals surface area contributed by atoms with E-state index >= 15 is 0 Å². The predicted molar refractivity (Wildman–Crippen MR) is 213 cm³/mol. The van der Waals surface area contributed by atoms with Crippen molar-refractivity contribution in [3.8, 4) is 0 Å². The van der Waals surface area contributed by atoms with Crippen molar-refractivity contribution in [3.63, 3.8) is 0 Å². The third-order valence-electron chi connectivity index (χ3n) is 10.3. The van der Waals surface area contributed by atoms with Gasteiger partial charge in [-0.25, -0.2) is 0 Å². The minimum Gasteiger partial charge on any atom is -0.464 e. The molecule has 0 aromatic heterocycles. The summed E-state index contributed by atoms with van der Waals surface area (Å²) >= 11 is 0. The summed E-state index contributed by atoms with van der Waals surface area (Å²) in [5.74, 6) is -0.455. The molecule has 8 heteroatoms. The zero-order valence-electron chi connectivity index (χ0n) is 34.4. The van der Waals surface area contributed by atoms with E-state index < -0.39 is 0 Å². The van der Waals surface area contributed by atoms with Crippen molar-refractivity contribution in [1.82, 2.24) is 9.80 Å². The average molecular weight is 725 g/mol. The first kappa shape index (κ1) is 49.3. The van der Waals surface area contributed by atoms with Gasteiger partial charge >= 0.3 is 11.9 Å². The fourth-order valence-electron chi connectivity index (χ4n) is 6.79. The Morgan fingerprint density at radius 1 is 0.490 bits per heavy atom. The van der Waals surface area contributed by atoms with Gasteiger partial charge in [0.25, 0.3) is 0 Å². The summed E-state index contributed by atoms with van der Waals surface area (Å²) in [4.78, 5) is 43.7. The molecule has 51 heavy (non-hydrogen) atoms. The maximum Gasteiger partial charge on any atom is 0.308 e. The second kappa shape index (κ2) is 36.7. The number of carbonyl (C=O) groups excluding carboxylic acids is 3. The van der Waals surface area contributed by atoms with Gasteiger partial charge in [-0.05, 0) is 45.7 Å². The van der Waals surface area contributed by atoms with Crippen LogP contribution in [0.1, 0.15) is 195 Å². The van der Waals surface area contributed by atoms with Crippen LogP contribution in [-0.4, -0.2) is 85.8 Å². The number of likely N-dealkylation sites (N-methyl/N-ethyl adjacent to an activating group) is 1. The van der Waals surface area contributed by atoms with E-state index in [0.717, 1.165) is 77.0 Å². The Labute approximate surface area is 315 Å². The molecule has 0 rings (SSSR count). The minimum atomic E-state index is -0.134. The molecule has 1 amide bonds. The van der Waals surface area contributed by atoms with Crippen LogP contribution >= 0.6 is 0 Å². The highest BCUT2D eigenvalue weighted by atomic mass is 16.5. The molecule has 8 nitrogen and oxygen atoms in total. The molecule has 0 saturated carbocycles. The lowest BCUT2D eigenvalue weighted by Crippen LogP contribution is -2.38. The van der Waals surface area contributed by atoms with Gasteiger partial charge in [-0.1, -0.05) is 156 Å². The van der Waals surface area contributed by atoms with Crippen molar-refractivity contribution >= 4 is 17.8 Å². The van der Waals surface area contributed by atoms with Gasteiger partial charge < -0.3 is 24.4 Å². The van der Waals surface area contributed by atoms with E-state index in [4.69, 9.17) is 9.47 Å². The van der Waals surface area contributed by atoms with Crippen LogP contribution in [0.5, 0.6) is 0 Å². The first-order chi connectivity index (χ1) is 24.8. The van der Waals surface area contributed by atoms with Crippen LogP contribution in [0.3, 0.4) is 0 Å². The number of amides is 1. The average Bonchev–Trinajstić information content (AvgIpc) is 3.12. The van der Waals surface area contributed by atoms with E-state index in [2.05, 4.69) is 27.7 Å². The van der Waals surface area contributed by atoms with Gasteiger partial charge in [0.2, 0.25) is 5.91 Å². The van der Waals surface area contributed by atoms with E-state index in [1.54, 1.807) is 4.90 Å². The monoisotopic (exact) mass is 725 g/mol. The lowest BCUT2D eigenvalue weighted by molar-refractivity contribution is -0.152. The predicted octanol–water partition coefficient (Wildman–Crippen LogP) is 10.3. The van der Waals surface area contributed by atoms with Gasteiger partial charge in [-0.3, -0.25) is 14.4 Å². The van der Waals surface area contributed by atoms with Crippen LogP contribution in [0.25, 0.3) is 0 Å². The number of carbonyl (C=O) groups is 3. The molecule has 0 saturated heterocycles. The van der Waals surface area contributed by atoms with Crippen molar-refractivity contribution in [1.29, 1.82) is 0 Å². The quantitative estimate of drug-likeness (QED) is 0.0500. The molecule has 0 heterocycles. The Morgan fingerprint density at radius 3 is 1.22 bits per heavy atom. The number of aliphatic hydroxyl groups excluding tert-OH is 1. The Balaban J connectivity index is 5.26. The van der Waals surface area contributed by atoms with Crippen molar-refractivity contribution in [2.75, 3.05) is 53.0 Å². The van der Waals surface area contributed by atoms with Crippen LogP contribution in [0.4, 0.5) is 0 Å². The van der Waals surface area contributed by atoms with Crippen molar-refractivity contribution in [2.45, 2.75) is 195 Å². The van der Waals surface area contributed by atoms with Crippen molar-refractivity contribution in [3.05, 3.63) is 0 Å². The molecule has 0 aromatic carbocycles. The standard InChI is InChI=1S/C43H84N2O6/c1-6-10-14-18-20-24-29-39(27-22-16-12-8-3)42(48)50-37-34-45(41(47)31-26-32-44(5)33-36-46)35-38-51-43(49)40(28-23-17-13-9-4)30-25-21-19-15-11-7-2/h39-40,46H,6-38H2,1-5H3. The molecule has 0 aliphatic heterocycles. The number of esters is 2. The molecule has 1 N–H and O–H groups in total. The minimum absolute atomic E-state index is 0.0223. The molecule has 0 radical (unpaired) electrons. The third-order valence-corrected chi connectivity index (χ3v) is 10.3. The van der Waals surface area contributed by atoms with Gasteiger partial charge in [0.15, 0.2) is 0 Å². The van der Waals surface area contributed by atoms with Crippen LogP contribution in [0, 0.1) is 11.8 Å². The Morgan fingerprint density at radius 2 is 0.843 bits per heavy atom. The normalized spacial score (nSPS) is 12.6. The van der Waals surface area contributed by atoms with E-state index in [9.17, 15) is 19.5 Å². The smallest absolute Gasteiger partial charge is 0.308 e. The molecule has 0 fully saturated rings. The van der Waals surface area contributed by atoms with Crippen molar-refractivity contribution in [2.24, 2.45) is 11.8 Å². The summed E-state index contributed by atoms with van der Waals surface area (Å²) in [7, 11) is 1.94. The largest absolute Gasteiger partial charge is 0.464 e. The number of unbranched alkanes of at least 4 members (excludes halogenated alkanes) is 16. The highest BCUT2D eigenvalue weighted by Crippen LogP contribution is 2.22. The van der Waals surface area contributed by atoms with Gasteiger partial charge in [0.1, 0.15) is 13.2 Å². The molecular weight excluding hydrogens is 640 g/mol. The molecule has 0 aliphatic carbocycles. The Kier molecular flexibility index (Phi) is 35.5. The van der Waals surface area contributed by atoms with Crippen LogP contribution < -0.4 is 0 Å². The fourth-order valence-corrected chi connectivity index (χ4v) is 6.79. The number of hydrogen-bond donors (Lipinski definition) is 1. The molecule has 0 spiro atoms. The summed E-state index contributed by atoms with van der Waals surface area (Å²) in [5, 5.41) is 9.22. The maximum atomic E-state index is 13.4. The Hall–Kier alpha value is -1.67. The van der Waals surface area contributed by atoms with E-state index in [0.29, 0.717) is 39.0 Å². The number of nitrogens with zero attached hydrogens (tertiary/aromatic N) is 2. The third kappa shape index (κ3) is 29.5. The summed E-state index contributed by atoms with van der Waals surface area (Å²) in [6.07, 6.45) is 28.0. The molecule has 2 unspecified atom stereocenters. The highest BCUT2D eigenvalue weighted by Gasteiger charge is 2.23. The highest BCUT2D eigenvalue weighted by molar-refractivity contribution is 5.76. The second-order valence-corrected chi connectivity index (χ2v) is 15.1. The molecule has 0 aromatic rings. The zero-order valence-corrected chi connectivity index (χ0v) is 34.4. The SMILES string of the molecule is CCCCCCCCC(CCCCCC)C(=O)OCCN(CCOC(=O)C(CCCCCC)CCCCCCCC)C(=O)CCCN(C)CCO. The van der Waals surface area contributed by atoms with Gasteiger partial charge in [-0.15, -0.1) is 0 Å². The van der Waals surface area contributed by atoms with Crippen LogP contribution in [0.2, 0.25) is 0 Å². The molecule has 0 bridgehead atoms. The lowest BCUT2D eigenvalue weighted by Gasteiger charge is -2.24. The number of rotatable bonds is 38. The fraction of sp³-hybridized carbons (Fsp3) is 0.930. The lowest BCUT2D eigenvalue weighted by atomic mass is 9.94. The van der Waals surface area contributed by atoms with Crippen LogP contribution in [0.15, 0.2) is 0 Å². The molecule has 302 valence electrons. The van der Waals surface area contributed by atoms with E-state index in [-0.39, 0.29) is 49.5 Å². The first-order valence-electron chi connectivity index (χ1n) is 21.7. The summed E-state index contributed by atoms with van der Waals surface area (Å²) < 4.78 is 11.7. The molecular formula is C43H84N2O6. The van der Waals surface area contributed by atoms with E-state index in [1.807, 2.05) is 11.9 Å². The summed E-state index contributed by atoms with van der Waals surface area (Å²) in [6, 6.07) is 0. The number of aliphatic hydroxyl groups is 1. The summed E-state index contributed by atoms with van der Waals surface area (Å²) in [5.41, 5.74) is 0. The Bertz CT molecular complexity index is 759. The second-order valence-electron chi connectivity index (χ2n) is 15.1. The van der Waals surface area contributed by atoms with Crippen LogP contribution in [-0.2, 0) is 23.9 Å². The van der Waals surface area contributed by atoms with Gasteiger partial charge in [0, 0.05) is 13.0 Å². The van der Waals surface area contributed by atoms with Crippen molar-refractivity contribution < 1.29 is 29.0 Å². The number of hydrogen-bond acceptors (Lipinski definition) is 7. The maximum absolute atomic E-state index is 13.4. The van der Waals surface area contributed by atoms with Gasteiger partial charge in [-0.2, -0.15) is 0 Å². The number of ether oxygens (including phenoxy) is 2. The molecule has 0 aliphatic rings. The first-order valence-corrected chi connectivity index (χ1v) is 21.7. The van der Waals surface area contributed by atoms with Gasteiger partial charge in [0.05, 0.1) is 31.5 Å². The molecule has 2 atom stereocenters. The summed E-state index contributed by atoms with van der Waals surface area (Å²) in [6.45, 7) is 11.1.